The lowest BCUT2D eigenvalue weighted by atomic mass is 9.97. The Morgan fingerprint density at radius 1 is 1.31 bits per heavy atom. The Morgan fingerprint density at radius 3 is 2.77 bits per heavy atom. The summed E-state index contributed by atoms with van der Waals surface area (Å²) >= 11 is 1.73. The number of piperidine rings is 1. The fourth-order valence-electron chi connectivity index (χ4n) is 3.50. The summed E-state index contributed by atoms with van der Waals surface area (Å²) < 4.78 is 2.26. The molecule has 1 amide bonds. The zero-order valence-electron chi connectivity index (χ0n) is 15.5. The lowest BCUT2D eigenvalue weighted by Gasteiger charge is -2.32. The van der Waals surface area contributed by atoms with Gasteiger partial charge in [-0.15, -0.1) is 10.2 Å². The molecule has 1 aliphatic rings. The first-order valence-corrected chi connectivity index (χ1v) is 10.2. The van der Waals surface area contributed by atoms with Gasteiger partial charge in [-0.25, -0.2) is 0 Å². The van der Waals surface area contributed by atoms with Crippen LogP contribution in [0.3, 0.4) is 0 Å². The molecule has 3 rings (SSSR count). The monoisotopic (exact) mass is 373 g/mol. The summed E-state index contributed by atoms with van der Waals surface area (Å²) in [6, 6.07) is 10.7. The molecule has 1 aromatic heterocycles. The molecule has 26 heavy (non-hydrogen) atoms. The average molecular weight is 374 g/mol. The van der Waals surface area contributed by atoms with Crippen LogP contribution < -0.4 is 5.73 Å². The Kier molecular flexibility index (Phi) is 6.32. The smallest absolute Gasteiger partial charge is 0.231 e. The predicted octanol–water partition coefficient (Wildman–Crippen LogP) is 2.82. The van der Waals surface area contributed by atoms with E-state index in [1.807, 2.05) is 6.07 Å². The Hall–Kier alpha value is -1.86. The van der Waals surface area contributed by atoms with Gasteiger partial charge in [-0.3, -0.25) is 9.69 Å². The molecule has 2 heterocycles. The first kappa shape index (κ1) is 18.9. The molecule has 0 saturated carbocycles. The van der Waals surface area contributed by atoms with Gasteiger partial charge in [0.15, 0.2) is 5.16 Å². The molecule has 1 atom stereocenters. The zero-order valence-corrected chi connectivity index (χ0v) is 16.3. The normalized spacial score (nSPS) is 18.3. The minimum Gasteiger partial charge on any atom is -0.369 e. The SMILES string of the molecule is CC(C)n1c(SCc2ccccc2)nnc1C1CCCN(CC(N)=O)C1. The number of carbonyl (C=O) groups is 1. The van der Waals surface area contributed by atoms with Gasteiger partial charge in [-0.1, -0.05) is 42.1 Å². The number of likely N-dealkylation sites (tertiary alicyclic amines) is 1. The van der Waals surface area contributed by atoms with Crippen LogP contribution in [0.4, 0.5) is 0 Å². The molecule has 1 unspecified atom stereocenters. The van der Waals surface area contributed by atoms with E-state index in [0.29, 0.717) is 18.5 Å². The number of benzene rings is 1. The van der Waals surface area contributed by atoms with E-state index in [1.54, 1.807) is 11.8 Å². The minimum atomic E-state index is -0.268. The van der Waals surface area contributed by atoms with E-state index >= 15 is 0 Å². The number of thioether (sulfide) groups is 1. The number of carbonyl (C=O) groups excluding carboxylic acids is 1. The van der Waals surface area contributed by atoms with Crippen molar-refractivity contribution in [3.8, 4) is 0 Å². The first-order chi connectivity index (χ1) is 12.5. The third-order valence-corrected chi connectivity index (χ3v) is 5.68. The fraction of sp³-hybridized carbons (Fsp3) is 0.526. The Bertz CT molecular complexity index is 731. The van der Waals surface area contributed by atoms with E-state index in [1.165, 1.54) is 5.56 Å². The van der Waals surface area contributed by atoms with E-state index in [9.17, 15) is 4.79 Å². The first-order valence-electron chi connectivity index (χ1n) is 9.16. The summed E-state index contributed by atoms with van der Waals surface area (Å²) in [5.74, 6) is 1.94. The van der Waals surface area contributed by atoms with Crippen molar-refractivity contribution < 1.29 is 4.79 Å². The summed E-state index contributed by atoms with van der Waals surface area (Å²) in [5, 5.41) is 9.98. The van der Waals surface area contributed by atoms with Crippen molar-refractivity contribution in [1.82, 2.24) is 19.7 Å². The summed E-state index contributed by atoms with van der Waals surface area (Å²) in [5.41, 5.74) is 6.65. The minimum absolute atomic E-state index is 0.268. The molecule has 6 nitrogen and oxygen atoms in total. The number of nitrogens with zero attached hydrogens (tertiary/aromatic N) is 4. The van der Waals surface area contributed by atoms with Crippen molar-refractivity contribution in [1.29, 1.82) is 0 Å². The molecule has 2 N–H and O–H groups in total. The second-order valence-electron chi connectivity index (χ2n) is 7.12. The molecule has 0 aliphatic carbocycles. The van der Waals surface area contributed by atoms with Gasteiger partial charge in [0.25, 0.3) is 0 Å². The topological polar surface area (TPSA) is 77.0 Å². The van der Waals surface area contributed by atoms with Crippen LogP contribution in [0.5, 0.6) is 0 Å². The Balaban J connectivity index is 1.75. The zero-order chi connectivity index (χ0) is 18.5. The molecule has 2 aromatic rings. The van der Waals surface area contributed by atoms with Crippen LogP contribution in [-0.4, -0.2) is 45.2 Å². The van der Waals surface area contributed by atoms with E-state index in [4.69, 9.17) is 5.73 Å². The van der Waals surface area contributed by atoms with Crippen molar-refractivity contribution in [2.75, 3.05) is 19.6 Å². The highest BCUT2D eigenvalue weighted by Crippen LogP contribution is 2.31. The third-order valence-electron chi connectivity index (χ3n) is 4.67. The Morgan fingerprint density at radius 2 is 2.08 bits per heavy atom. The maximum absolute atomic E-state index is 11.3. The number of rotatable bonds is 7. The van der Waals surface area contributed by atoms with E-state index < -0.39 is 0 Å². The number of amides is 1. The van der Waals surface area contributed by atoms with Gasteiger partial charge in [-0.05, 0) is 38.8 Å². The maximum Gasteiger partial charge on any atom is 0.231 e. The Labute approximate surface area is 159 Å². The number of primary amides is 1. The van der Waals surface area contributed by atoms with Gasteiger partial charge >= 0.3 is 0 Å². The van der Waals surface area contributed by atoms with Gasteiger partial charge in [0, 0.05) is 24.3 Å². The van der Waals surface area contributed by atoms with Crippen molar-refractivity contribution in [2.45, 2.75) is 49.6 Å². The number of hydrogen-bond donors (Lipinski definition) is 1. The molecule has 7 heteroatoms. The lowest BCUT2D eigenvalue weighted by Crippen LogP contribution is -2.40. The van der Waals surface area contributed by atoms with Crippen LogP contribution in [0, 0.1) is 0 Å². The van der Waals surface area contributed by atoms with Crippen LogP contribution in [0.1, 0.15) is 50.0 Å². The lowest BCUT2D eigenvalue weighted by molar-refractivity contribution is -0.119. The van der Waals surface area contributed by atoms with Crippen LogP contribution in [0.25, 0.3) is 0 Å². The second-order valence-corrected chi connectivity index (χ2v) is 8.06. The molecule has 1 aromatic carbocycles. The highest BCUT2D eigenvalue weighted by Gasteiger charge is 2.28. The van der Waals surface area contributed by atoms with Crippen molar-refractivity contribution in [3.63, 3.8) is 0 Å². The third kappa shape index (κ3) is 4.65. The molecule has 1 fully saturated rings. The van der Waals surface area contributed by atoms with E-state index in [2.05, 4.69) is 57.8 Å². The van der Waals surface area contributed by atoms with Crippen LogP contribution in [-0.2, 0) is 10.5 Å². The highest BCUT2D eigenvalue weighted by molar-refractivity contribution is 7.98. The quantitative estimate of drug-likeness (QED) is 0.755. The van der Waals surface area contributed by atoms with Crippen LogP contribution in [0.15, 0.2) is 35.5 Å². The molecular formula is C19H27N5OS. The number of hydrogen-bond acceptors (Lipinski definition) is 5. The molecule has 0 spiro atoms. The summed E-state index contributed by atoms with van der Waals surface area (Å²) in [6.07, 6.45) is 2.12. The van der Waals surface area contributed by atoms with Crippen LogP contribution >= 0.6 is 11.8 Å². The predicted molar refractivity (Wildman–Crippen MR) is 104 cm³/mol. The van der Waals surface area contributed by atoms with Gasteiger partial charge in [-0.2, -0.15) is 0 Å². The van der Waals surface area contributed by atoms with Gasteiger partial charge < -0.3 is 10.3 Å². The molecule has 1 aliphatic heterocycles. The molecule has 0 bridgehead atoms. The molecular weight excluding hydrogens is 346 g/mol. The standard InChI is InChI=1S/C19H27N5OS/c1-14(2)24-18(16-9-6-10-23(11-16)12-17(20)25)21-22-19(24)26-13-15-7-4-3-5-8-15/h3-5,7-8,14,16H,6,9-13H2,1-2H3,(H2,20,25). The molecule has 140 valence electrons. The van der Waals surface area contributed by atoms with E-state index in [-0.39, 0.29) is 5.91 Å². The van der Waals surface area contributed by atoms with Gasteiger partial charge in [0.2, 0.25) is 5.91 Å². The van der Waals surface area contributed by atoms with Gasteiger partial charge in [0.1, 0.15) is 5.82 Å². The highest BCUT2D eigenvalue weighted by atomic mass is 32.2. The summed E-state index contributed by atoms with van der Waals surface area (Å²) in [7, 11) is 0. The van der Waals surface area contributed by atoms with Crippen molar-refractivity contribution >= 4 is 17.7 Å². The second kappa shape index (κ2) is 8.68. The molecule has 1 saturated heterocycles. The largest absolute Gasteiger partial charge is 0.369 e. The van der Waals surface area contributed by atoms with Gasteiger partial charge in [0.05, 0.1) is 6.54 Å². The number of aromatic nitrogens is 3. The van der Waals surface area contributed by atoms with E-state index in [0.717, 1.165) is 42.7 Å². The maximum atomic E-state index is 11.3. The number of nitrogens with two attached hydrogens (primary N) is 1. The fourth-order valence-corrected chi connectivity index (χ4v) is 4.53. The summed E-state index contributed by atoms with van der Waals surface area (Å²) in [6.45, 7) is 6.40. The van der Waals surface area contributed by atoms with Crippen molar-refractivity contribution in [2.24, 2.45) is 5.73 Å². The molecule has 0 radical (unpaired) electrons. The summed E-state index contributed by atoms with van der Waals surface area (Å²) in [4.78, 5) is 13.4. The average Bonchev–Trinajstić information content (AvgIpc) is 3.05. The van der Waals surface area contributed by atoms with Crippen molar-refractivity contribution in [3.05, 3.63) is 41.7 Å². The van der Waals surface area contributed by atoms with Crippen LogP contribution in [0.2, 0.25) is 0 Å².